The Morgan fingerprint density at radius 3 is 2.48 bits per heavy atom. The summed E-state index contributed by atoms with van der Waals surface area (Å²) in [5.41, 5.74) is 1.26. The van der Waals surface area contributed by atoms with Crippen molar-refractivity contribution in [2.45, 2.75) is 77.3 Å². The number of fused-ring (bicyclic) bond motifs is 1. The van der Waals surface area contributed by atoms with Gasteiger partial charge >= 0.3 is 12.2 Å². The fraction of sp³-hybridized carbons (Fsp3) is 0.419. The first-order valence-corrected chi connectivity index (χ1v) is 14.4. The Kier molecular flexibility index (Phi) is 10.2. The minimum Gasteiger partial charge on any atom is -0.445 e. The van der Waals surface area contributed by atoms with E-state index in [1.165, 1.54) is 4.90 Å². The molecule has 13 heteroatoms. The van der Waals surface area contributed by atoms with E-state index in [1.54, 1.807) is 39.0 Å². The molecule has 6 amide bonds. The first-order chi connectivity index (χ1) is 20.9. The lowest BCUT2D eigenvalue weighted by molar-refractivity contribution is -0.137. The number of nitrogens with zero attached hydrogens (tertiary/aromatic N) is 1. The van der Waals surface area contributed by atoms with E-state index in [0.29, 0.717) is 23.2 Å². The summed E-state index contributed by atoms with van der Waals surface area (Å²) in [4.78, 5) is 76.7. The van der Waals surface area contributed by atoms with Crippen LogP contribution in [0.15, 0.2) is 48.5 Å². The van der Waals surface area contributed by atoms with Crippen LogP contribution in [0.3, 0.4) is 0 Å². The molecule has 2 heterocycles. The monoisotopic (exact) mass is 607 g/mol. The second-order valence-electron chi connectivity index (χ2n) is 11.6. The molecule has 2 atom stereocenters. The van der Waals surface area contributed by atoms with Gasteiger partial charge in [-0.3, -0.25) is 24.5 Å². The summed E-state index contributed by atoms with van der Waals surface area (Å²) in [6.45, 7) is 5.46. The minimum atomic E-state index is -1.04. The molecule has 0 bridgehead atoms. The number of carbonyl (C=O) groups excluding carboxylic acids is 6. The molecular weight excluding hydrogens is 570 g/mol. The number of hydrogen-bond acceptors (Lipinski definition) is 8. The zero-order chi connectivity index (χ0) is 31.9. The van der Waals surface area contributed by atoms with Crippen molar-refractivity contribution in [1.82, 2.24) is 20.9 Å². The lowest BCUT2D eigenvalue weighted by Crippen LogP contribution is -2.52. The highest BCUT2D eigenvalue weighted by molar-refractivity contribution is 6.07. The number of hydrogen-bond donors (Lipinski definition) is 4. The van der Waals surface area contributed by atoms with Gasteiger partial charge in [-0.1, -0.05) is 36.4 Å². The summed E-state index contributed by atoms with van der Waals surface area (Å²) >= 11 is 0. The van der Waals surface area contributed by atoms with Crippen LogP contribution in [0.5, 0.6) is 0 Å². The smallest absolute Gasteiger partial charge is 0.408 e. The van der Waals surface area contributed by atoms with Crippen LogP contribution in [0.25, 0.3) is 0 Å². The first-order valence-electron chi connectivity index (χ1n) is 14.4. The van der Waals surface area contributed by atoms with E-state index in [0.717, 1.165) is 5.56 Å². The third-order valence-corrected chi connectivity index (χ3v) is 7.00. The molecule has 0 aliphatic carbocycles. The van der Waals surface area contributed by atoms with Crippen LogP contribution in [-0.2, 0) is 37.0 Å². The molecular formula is C31H37N5O8. The summed E-state index contributed by atoms with van der Waals surface area (Å²) in [5.74, 6) is -1.85. The molecule has 2 aromatic rings. The van der Waals surface area contributed by atoms with E-state index in [4.69, 9.17) is 9.47 Å². The van der Waals surface area contributed by atoms with Crippen molar-refractivity contribution in [3.8, 4) is 0 Å². The Balaban J connectivity index is 1.38. The molecule has 1 unspecified atom stereocenters. The van der Waals surface area contributed by atoms with Crippen LogP contribution >= 0.6 is 0 Å². The fourth-order valence-corrected chi connectivity index (χ4v) is 4.91. The molecule has 0 aromatic heterocycles. The summed E-state index contributed by atoms with van der Waals surface area (Å²) in [6.07, 6.45) is -0.589. The van der Waals surface area contributed by atoms with Gasteiger partial charge in [-0.15, -0.1) is 0 Å². The van der Waals surface area contributed by atoms with Crippen molar-refractivity contribution in [3.63, 3.8) is 0 Å². The number of piperidine rings is 1. The second kappa shape index (κ2) is 14.0. The maximum Gasteiger partial charge on any atom is 0.408 e. The Labute approximate surface area is 255 Å². The summed E-state index contributed by atoms with van der Waals surface area (Å²) in [6, 6.07) is 12.2. The lowest BCUT2D eigenvalue weighted by Gasteiger charge is -2.29. The summed E-state index contributed by atoms with van der Waals surface area (Å²) in [5, 5.41) is 10.3. The van der Waals surface area contributed by atoms with E-state index in [-0.39, 0.29) is 50.8 Å². The number of benzene rings is 2. The number of ether oxygens (including phenoxy) is 2. The van der Waals surface area contributed by atoms with Crippen molar-refractivity contribution >= 4 is 41.5 Å². The molecule has 4 rings (SSSR count). The van der Waals surface area contributed by atoms with Crippen LogP contribution in [0.1, 0.15) is 67.9 Å². The number of nitrogens with one attached hydrogen (secondary N) is 4. The van der Waals surface area contributed by atoms with E-state index >= 15 is 0 Å². The van der Waals surface area contributed by atoms with Crippen LogP contribution < -0.4 is 21.3 Å². The third-order valence-electron chi connectivity index (χ3n) is 7.00. The van der Waals surface area contributed by atoms with Gasteiger partial charge in [0, 0.05) is 36.3 Å². The van der Waals surface area contributed by atoms with Gasteiger partial charge in [0.25, 0.3) is 5.91 Å². The predicted octanol–water partition coefficient (Wildman–Crippen LogP) is 2.99. The Hall–Kier alpha value is -4.94. The van der Waals surface area contributed by atoms with Crippen molar-refractivity contribution < 1.29 is 38.2 Å². The van der Waals surface area contributed by atoms with Gasteiger partial charge in [0.2, 0.25) is 17.7 Å². The molecule has 4 N–H and O–H groups in total. The quantitative estimate of drug-likeness (QED) is 0.236. The maximum atomic E-state index is 13.5. The third kappa shape index (κ3) is 8.55. The molecule has 234 valence electrons. The van der Waals surface area contributed by atoms with Gasteiger partial charge in [0.1, 0.15) is 24.3 Å². The fourth-order valence-electron chi connectivity index (χ4n) is 4.91. The molecule has 1 saturated heterocycles. The molecule has 0 saturated carbocycles. The van der Waals surface area contributed by atoms with Crippen molar-refractivity contribution in [1.29, 1.82) is 0 Å². The molecule has 13 nitrogen and oxygen atoms in total. The molecule has 0 radical (unpaired) electrons. The lowest BCUT2D eigenvalue weighted by atomic mass is 10.0. The number of carbonyl (C=O) groups is 6. The normalized spacial score (nSPS) is 16.8. The Morgan fingerprint density at radius 2 is 1.77 bits per heavy atom. The Morgan fingerprint density at radius 1 is 1.02 bits per heavy atom. The molecule has 2 aliphatic rings. The van der Waals surface area contributed by atoms with E-state index in [2.05, 4.69) is 21.3 Å². The molecule has 2 aromatic carbocycles. The molecule has 1 fully saturated rings. The van der Waals surface area contributed by atoms with Crippen molar-refractivity contribution in [2.75, 3.05) is 11.9 Å². The average molecular weight is 608 g/mol. The van der Waals surface area contributed by atoms with Crippen LogP contribution in [0.4, 0.5) is 15.3 Å². The van der Waals surface area contributed by atoms with Gasteiger partial charge in [-0.2, -0.15) is 0 Å². The highest BCUT2D eigenvalue weighted by atomic mass is 16.6. The molecule has 0 spiro atoms. The zero-order valence-electron chi connectivity index (χ0n) is 24.9. The molecule has 44 heavy (non-hydrogen) atoms. The van der Waals surface area contributed by atoms with Crippen molar-refractivity contribution in [2.24, 2.45) is 0 Å². The van der Waals surface area contributed by atoms with Gasteiger partial charge in [-0.05, 0) is 57.7 Å². The predicted molar refractivity (Wildman–Crippen MR) is 158 cm³/mol. The second-order valence-corrected chi connectivity index (χ2v) is 11.6. The van der Waals surface area contributed by atoms with Crippen LogP contribution in [-0.4, -0.2) is 64.9 Å². The number of alkyl carbamates (subject to hydrolysis) is 2. The zero-order valence-corrected chi connectivity index (χ0v) is 24.9. The van der Waals surface area contributed by atoms with Gasteiger partial charge in [0.15, 0.2) is 0 Å². The van der Waals surface area contributed by atoms with Gasteiger partial charge in [0.05, 0.1) is 0 Å². The van der Waals surface area contributed by atoms with Gasteiger partial charge in [-0.25, -0.2) is 9.59 Å². The summed E-state index contributed by atoms with van der Waals surface area (Å²) < 4.78 is 10.5. The van der Waals surface area contributed by atoms with Crippen molar-refractivity contribution in [3.05, 3.63) is 65.2 Å². The number of imide groups is 1. The topological polar surface area (TPSA) is 172 Å². The number of rotatable bonds is 10. The average Bonchev–Trinajstić information content (AvgIpc) is 3.30. The Bertz CT molecular complexity index is 1420. The SMILES string of the molecule is CC(C)(C)OC(=O)N[C@H](CCCNC(=O)OCc1ccccc1)C(=O)Nc1cccc2c1CN(C1CCC(=O)NC1=O)C2=O. The standard InChI is InChI=1S/C31H37N5O8/c1-31(2,3)44-30(42)34-23(13-8-16-32-29(41)43-18-19-9-5-4-6-10-19)26(38)33-22-12-7-11-20-21(22)17-36(28(20)40)24-14-15-25(37)35-27(24)39/h4-7,9-12,23-24H,8,13-18H2,1-3H3,(H,32,41)(H,33,38)(H,34,42)(H,35,37,39)/t23-,24?/m1/s1. The first kappa shape index (κ1) is 32.0. The largest absolute Gasteiger partial charge is 0.445 e. The number of amides is 6. The minimum absolute atomic E-state index is 0.0655. The summed E-state index contributed by atoms with van der Waals surface area (Å²) in [7, 11) is 0. The van der Waals surface area contributed by atoms with E-state index in [9.17, 15) is 28.8 Å². The molecule has 2 aliphatic heterocycles. The van der Waals surface area contributed by atoms with Crippen LogP contribution in [0, 0.1) is 0 Å². The number of anilines is 1. The van der Waals surface area contributed by atoms with Gasteiger partial charge < -0.3 is 30.3 Å². The van der Waals surface area contributed by atoms with Crippen LogP contribution in [0.2, 0.25) is 0 Å². The highest BCUT2D eigenvalue weighted by Crippen LogP contribution is 2.32. The van der Waals surface area contributed by atoms with E-state index < -0.39 is 41.7 Å². The maximum absolute atomic E-state index is 13.5. The highest BCUT2D eigenvalue weighted by Gasteiger charge is 2.40. The van der Waals surface area contributed by atoms with E-state index in [1.807, 2.05) is 30.3 Å².